The highest BCUT2D eigenvalue weighted by Gasteiger charge is 2.35. The van der Waals surface area contributed by atoms with Crippen molar-refractivity contribution in [2.24, 2.45) is 33.1 Å². The Balaban J connectivity index is 2.35. The van der Waals surface area contributed by atoms with Gasteiger partial charge >= 0.3 is 0 Å². The molecule has 0 fully saturated rings. The summed E-state index contributed by atoms with van der Waals surface area (Å²) in [6, 6.07) is 4.64. The zero-order valence-electron chi connectivity index (χ0n) is 12.4. The Morgan fingerprint density at radius 3 is 2.36 bits per heavy atom. The van der Waals surface area contributed by atoms with E-state index in [2.05, 4.69) is 9.98 Å². The number of rotatable bonds is 3. The maximum Gasteiger partial charge on any atom is 0.261 e. The largest absolute Gasteiger partial charge is 0.370 e. The minimum absolute atomic E-state index is 0.129. The number of aliphatic imine (C=N–C) groups is 2. The Morgan fingerprint density at radius 2 is 1.77 bits per heavy atom. The number of fused-ring (bicyclic) bond motifs is 1. The van der Waals surface area contributed by atoms with E-state index in [0.717, 1.165) is 0 Å². The maximum absolute atomic E-state index is 12.3. The number of benzene rings is 1. The van der Waals surface area contributed by atoms with Gasteiger partial charge in [-0.3, -0.25) is 14.5 Å². The van der Waals surface area contributed by atoms with Gasteiger partial charge in [-0.2, -0.15) is 4.99 Å². The fraction of sp³-hybridized carbons (Fsp3) is 0.286. The minimum atomic E-state index is -0.328. The fourth-order valence-electron chi connectivity index (χ4n) is 2.17. The van der Waals surface area contributed by atoms with Gasteiger partial charge < -0.3 is 17.2 Å². The van der Waals surface area contributed by atoms with E-state index in [1.54, 1.807) is 12.1 Å². The van der Waals surface area contributed by atoms with E-state index in [4.69, 9.17) is 17.2 Å². The number of amides is 2. The van der Waals surface area contributed by atoms with E-state index in [-0.39, 0.29) is 29.7 Å². The van der Waals surface area contributed by atoms with Crippen molar-refractivity contribution in [3.8, 4) is 0 Å². The lowest BCUT2D eigenvalue weighted by atomic mass is 10.1. The third-order valence-electron chi connectivity index (χ3n) is 2.99. The van der Waals surface area contributed by atoms with E-state index in [1.807, 2.05) is 13.8 Å². The van der Waals surface area contributed by atoms with Crippen LogP contribution in [0.5, 0.6) is 0 Å². The van der Waals surface area contributed by atoms with Crippen LogP contribution in [0.25, 0.3) is 0 Å². The van der Waals surface area contributed by atoms with Crippen LogP contribution in [-0.2, 0) is 0 Å². The summed E-state index contributed by atoms with van der Waals surface area (Å²) in [6.07, 6.45) is 0. The normalized spacial score (nSPS) is 14.5. The van der Waals surface area contributed by atoms with Gasteiger partial charge in [-0.25, -0.2) is 4.99 Å². The first-order valence-corrected chi connectivity index (χ1v) is 6.73. The van der Waals surface area contributed by atoms with Gasteiger partial charge in [0.2, 0.25) is 5.96 Å². The predicted octanol–water partition coefficient (Wildman–Crippen LogP) is 0.158. The highest BCUT2D eigenvalue weighted by Crippen LogP contribution is 2.27. The average molecular weight is 302 g/mol. The molecule has 1 aromatic carbocycles. The van der Waals surface area contributed by atoms with E-state index in [1.165, 1.54) is 11.0 Å². The number of hydrogen-bond acceptors (Lipinski definition) is 3. The van der Waals surface area contributed by atoms with Gasteiger partial charge in [0.1, 0.15) is 0 Å². The molecule has 0 bridgehead atoms. The summed E-state index contributed by atoms with van der Waals surface area (Å²) in [7, 11) is 0. The van der Waals surface area contributed by atoms with Crippen LogP contribution in [0, 0.1) is 5.92 Å². The van der Waals surface area contributed by atoms with Crippen LogP contribution in [0.1, 0.15) is 34.6 Å². The molecule has 22 heavy (non-hydrogen) atoms. The molecule has 1 aliphatic rings. The van der Waals surface area contributed by atoms with E-state index in [0.29, 0.717) is 23.4 Å². The van der Waals surface area contributed by atoms with Gasteiger partial charge in [-0.05, 0) is 24.1 Å². The highest BCUT2D eigenvalue weighted by atomic mass is 16.2. The molecule has 1 heterocycles. The topological polar surface area (TPSA) is 140 Å². The number of carbonyl (C=O) groups excluding carboxylic acids is 2. The number of nitrogens with zero attached hydrogens (tertiary/aromatic N) is 3. The van der Waals surface area contributed by atoms with Crippen molar-refractivity contribution in [3.63, 3.8) is 0 Å². The van der Waals surface area contributed by atoms with Crippen molar-refractivity contribution < 1.29 is 9.59 Å². The lowest BCUT2D eigenvalue weighted by Crippen LogP contribution is -2.33. The number of imide groups is 1. The van der Waals surface area contributed by atoms with Gasteiger partial charge in [-0.1, -0.05) is 13.8 Å². The second-order valence-corrected chi connectivity index (χ2v) is 5.35. The van der Waals surface area contributed by atoms with Crippen molar-refractivity contribution in [3.05, 3.63) is 29.3 Å². The second-order valence-electron chi connectivity index (χ2n) is 5.35. The standard InChI is InChI=1S/C14H18N6O2/c1-7(2)6-20-11(21)9-4-3-8(5-10(9)12(20)22)18-14(17)19-13(15)16/h3-5,7H,6H2,1-2H3,(H6,15,16,17,18,19). The summed E-state index contributed by atoms with van der Waals surface area (Å²) < 4.78 is 0. The number of hydrogen-bond donors (Lipinski definition) is 3. The van der Waals surface area contributed by atoms with Crippen molar-refractivity contribution in [1.82, 2.24) is 4.90 Å². The van der Waals surface area contributed by atoms with Crippen LogP contribution >= 0.6 is 0 Å². The summed E-state index contributed by atoms with van der Waals surface area (Å²) >= 11 is 0. The molecule has 6 N–H and O–H groups in total. The summed E-state index contributed by atoms with van der Waals surface area (Å²) in [6.45, 7) is 4.26. The van der Waals surface area contributed by atoms with Gasteiger partial charge in [0.25, 0.3) is 11.8 Å². The van der Waals surface area contributed by atoms with Crippen molar-refractivity contribution in [1.29, 1.82) is 0 Å². The molecule has 0 saturated carbocycles. The number of nitrogens with two attached hydrogens (primary N) is 3. The first-order chi connectivity index (χ1) is 10.3. The van der Waals surface area contributed by atoms with Gasteiger partial charge in [0.05, 0.1) is 16.8 Å². The number of carbonyl (C=O) groups is 2. The third kappa shape index (κ3) is 3.05. The monoisotopic (exact) mass is 302 g/mol. The van der Waals surface area contributed by atoms with Crippen LogP contribution in [0.15, 0.2) is 28.2 Å². The molecule has 0 aliphatic carbocycles. The zero-order chi connectivity index (χ0) is 16.4. The number of guanidine groups is 2. The molecule has 0 unspecified atom stereocenters. The molecular weight excluding hydrogens is 284 g/mol. The summed E-state index contributed by atoms with van der Waals surface area (Å²) in [5.74, 6) is -0.766. The van der Waals surface area contributed by atoms with Crippen LogP contribution in [-0.4, -0.2) is 35.2 Å². The molecule has 1 aromatic rings. The lowest BCUT2D eigenvalue weighted by Gasteiger charge is -2.15. The van der Waals surface area contributed by atoms with Crippen molar-refractivity contribution >= 4 is 29.4 Å². The predicted molar refractivity (Wildman–Crippen MR) is 83.7 cm³/mol. The third-order valence-corrected chi connectivity index (χ3v) is 2.99. The van der Waals surface area contributed by atoms with Crippen LogP contribution < -0.4 is 17.2 Å². The van der Waals surface area contributed by atoms with E-state index >= 15 is 0 Å². The zero-order valence-corrected chi connectivity index (χ0v) is 12.4. The smallest absolute Gasteiger partial charge is 0.261 e. The molecule has 0 saturated heterocycles. The van der Waals surface area contributed by atoms with E-state index in [9.17, 15) is 9.59 Å². The summed E-state index contributed by atoms with van der Waals surface area (Å²) in [4.78, 5) is 33.3. The quantitative estimate of drug-likeness (QED) is 0.414. The lowest BCUT2D eigenvalue weighted by molar-refractivity contribution is 0.0636. The molecule has 0 radical (unpaired) electrons. The van der Waals surface area contributed by atoms with Gasteiger partial charge in [0.15, 0.2) is 5.96 Å². The Hall–Kier alpha value is -2.90. The Morgan fingerprint density at radius 1 is 1.14 bits per heavy atom. The Kier molecular flexibility index (Phi) is 4.11. The van der Waals surface area contributed by atoms with Crippen molar-refractivity contribution in [2.75, 3.05) is 6.54 Å². The van der Waals surface area contributed by atoms with E-state index < -0.39 is 0 Å². The van der Waals surface area contributed by atoms with Crippen LogP contribution in [0.2, 0.25) is 0 Å². The van der Waals surface area contributed by atoms with Crippen molar-refractivity contribution in [2.45, 2.75) is 13.8 Å². The first kappa shape index (κ1) is 15.5. The molecule has 0 atom stereocenters. The molecule has 1 aliphatic heterocycles. The molecule has 2 rings (SSSR count). The van der Waals surface area contributed by atoms with Crippen LogP contribution in [0.4, 0.5) is 5.69 Å². The molecule has 0 aromatic heterocycles. The molecule has 116 valence electrons. The first-order valence-electron chi connectivity index (χ1n) is 6.73. The molecule has 2 amide bonds. The van der Waals surface area contributed by atoms with Gasteiger partial charge in [-0.15, -0.1) is 0 Å². The summed E-state index contributed by atoms with van der Waals surface area (Å²) in [5.41, 5.74) is 17.0. The molecule has 8 nitrogen and oxygen atoms in total. The average Bonchev–Trinajstić information content (AvgIpc) is 2.62. The molecular formula is C14H18N6O2. The Bertz CT molecular complexity index is 689. The summed E-state index contributed by atoms with van der Waals surface area (Å²) in [5, 5.41) is 0. The minimum Gasteiger partial charge on any atom is -0.370 e. The molecule has 0 spiro atoms. The fourth-order valence-corrected chi connectivity index (χ4v) is 2.17. The Labute approximate surface area is 127 Å². The maximum atomic E-state index is 12.3. The molecule has 8 heteroatoms. The highest BCUT2D eigenvalue weighted by molar-refractivity contribution is 6.21. The SMILES string of the molecule is CC(C)CN1C(=O)c2ccc(N=C(N)N=C(N)N)cc2C1=O. The second kappa shape index (κ2) is 5.84. The van der Waals surface area contributed by atoms with Gasteiger partial charge in [0, 0.05) is 6.54 Å². The van der Waals surface area contributed by atoms with Crippen LogP contribution in [0.3, 0.4) is 0 Å².